The van der Waals surface area contributed by atoms with Crippen LogP contribution >= 0.6 is 0 Å². The average Bonchev–Trinajstić information content (AvgIpc) is 2.88. The third-order valence-corrected chi connectivity index (χ3v) is 5.64. The van der Waals surface area contributed by atoms with Gasteiger partial charge in [0.25, 0.3) is 0 Å². The molecular formula is C28H30N4O2. The van der Waals surface area contributed by atoms with Crippen LogP contribution in [0, 0.1) is 0 Å². The third-order valence-electron chi connectivity index (χ3n) is 5.64. The number of nitrogens with zero attached hydrogens (tertiary/aromatic N) is 4. The second-order valence-corrected chi connectivity index (χ2v) is 8.27. The highest BCUT2D eigenvalue weighted by molar-refractivity contribution is 5.67. The Balaban J connectivity index is 1.45. The molecule has 34 heavy (non-hydrogen) atoms. The lowest BCUT2D eigenvalue weighted by Crippen LogP contribution is -1.97. The van der Waals surface area contributed by atoms with Crippen molar-refractivity contribution in [3.63, 3.8) is 0 Å². The Morgan fingerprint density at radius 1 is 0.706 bits per heavy atom. The van der Waals surface area contributed by atoms with Crippen molar-refractivity contribution in [1.82, 2.24) is 19.9 Å². The molecule has 0 amide bonds. The van der Waals surface area contributed by atoms with Gasteiger partial charge in [-0.05, 0) is 42.5 Å². The van der Waals surface area contributed by atoms with Gasteiger partial charge in [-0.15, -0.1) is 0 Å². The zero-order valence-corrected chi connectivity index (χ0v) is 19.7. The van der Waals surface area contributed by atoms with Crippen LogP contribution in [-0.4, -0.2) is 31.6 Å². The predicted octanol–water partition coefficient (Wildman–Crippen LogP) is 6.49. The Bertz CT molecular complexity index is 1190. The first-order chi connectivity index (χ1) is 16.7. The number of hydrogen-bond donors (Lipinski definition) is 1. The number of benzene rings is 2. The molecular weight excluding hydrogens is 424 g/mol. The maximum Gasteiger partial charge on any atom is 0.162 e. The minimum Gasteiger partial charge on any atom is -0.507 e. The van der Waals surface area contributed by atoms with Crippen LogP contribution < -0.4 is 4.74 Å². The largest absolute Gasteiger partial charge is 0.507 e. The highest BCUT2D eigenvalue weighted by Gasteiger charge is 2.11. The smallest absolute Gasteiger partial charge is 0.162 e. The number of ether oxygens (including phenoxy) is 1. The molecule has 6 heteroatoms. The van der Waals surface area contributed by atoms with Crippen molar-refractivity contribution in [1.29, 1.82) is 0 Å². The van der Waals surface area contributed by atoms with E-state index in [4.69, 9.17) is 4.74 Å². The molecule has 0 aliphatic heterocycles. The van der Waals surface area contributed by atoms with Gasteiger partial charge in [-0.25, -0.2) is 19.9 Å². The van der Waals surface area contributed by atoms with E-state index in [9.17, 15) is 5.11 Å². The van der Waals surface area contributed by atoms with E-state index in [1.54, 1.807) is 24.5 Å². The van der Waals surface area contributed by atoms with Crippen LogP contribution in [0.4, 0.5) is 0 Å². The van der Waals surface area contributed by atoms with Crippen LogP contribution in [0.25, 0.3) is 33.9 Å². The second-order valence-electron chi connectivity index (χ2n) is 8.27. The van der Waals surface area contributed by atoms with E-state index < -0.39 is 0 Å². The van der Waals surface area contributed by atoms with Crippen molar-refractivity contribution in [2.75, 3.05) is 6.61 Å². The van der Waals surface area contributed by atoms with Crippen molar-refractivity contribution in [2.45, 2.75) is 46.0 Å². The molecule has 0 atom stereocenters. The summed E-state index contributed by atoms with van der Waals surface area (Å²) in [5, 5.41) is 10.4. The van der Waals surface area contributed by atoms with E-state index >= 15 is 0 Å². The first kappa shape index (κ1) is 23.4. The number of rotatable bonds is 10. The van der Waals surface area contributed by atoms with Gasteiger partial charge in [0, 0.05) is 36.4 Å². The number of unbranched alkanes of at least 4 members (excludes halogenated alkanes) is 2. The van der Waals surface area contributed by atoms with Gasteiger partial charge in [0.05, 0.1) is 17.7 Å². The highest BCUT2D eigenvalue weighted by atomic mass is 16.5. The fourth-order valence-corrected chi connectivity index (χ4v) is 3.58. The molecule has 0 bridgehead atoms. The number of aromatic nitrogens is 4. The molecule has 0 aliphatic rings. The average molecular weight is 455 g/mol. The molecule has 4 aromatic rings. The van der Waals surface area contributed by atoms with Gasteiger partial charge in [-0.3, -0.25) is 0 Å². The topological polar surface area (TPSA) is 81.0 Å². The summed E-state index contributed by atoms with van der Waals surface area (Å²) in [6.45, 7) is 4.94. The number of aromatic hydroxyl groups is 1. The summed E-state index contributed by atoms with van der Waals surface area (Å²) >= 11 is 0. The van der Waals surface area contributed by atoms with Gasteiger partial charge in [0.2, 0.25) is 0 Å². The first-order valence-corrected chi connectivity index (χ1v) is 11.9. The number of phenols is 1. The van der Waals surface area contributed by atoms with E-state index in [1.807, 2.05) is 18.5 Å². The van der Waals surface area contributed by atoms with Crippen molar-refractivity contribution >= 4 is 0 Å². The van der Waals surface area contributed by atoms with Crippen molar-refractivity contribution in [2.24, 2.45) is 0 Å². The maximum absolute atomic E-state index is 10.4. The molecule has 0 spiro atoms. The zero-order chi connectivity index (χ0) is 23.8. The minimum atomic E-state index is 0.0862. The number of phenolic OH excluding ortho intramolecular Hbond substituents is 1. The Labute approximate surface area is 200 Å². The zero-order valence-electron chi connectivity index (χ0n) is 19.7. The van der Waals surface area contributed by atoms with E-state index in [-0.39, 0.29) is 5.75 Å². The summed E-state index contributed by atoms with van der Waals surface area (Å²) in [7, 11) is 0. The third kappa shape index (κ3) is 5.76. The lowest BCUT2D eigenvalue weighted by atomic mass is 10.0. The first-order valence-electron chi connectivity index (χ1n) is 11.9. The molecule has 174 valence electrons. The standard InChI is InChI=1S/C28H30N4O2/c1-3-5-7-20-8-10-21(11-9-20)22-16-29-27(30-17-22)23-18-31-28(32-19-23)25-13-12-24(15-26(25)33)34-14-6-4-2/h8-13,15-19,33H,3-7,14H2,1-2H3. The van der Waals surface area contributed by atoms with Crippen LogP contribution in [0.3, 0.4) is 0 Å². The monoisotopic (exact) mass is 454 g/mol. The van der Waals surface area contributed by atoms with Gasteiger partial charge < -0.3 is 9.84 Å². The van der Waals surface area contributed by atoms with Crippen LogP contribution in [0.2, 0.25) is 0 Å². The fourth-order valence-electron chi connectivity index (χ4n) is 3.58. The van der Waals surface area contributed by atoms with Crippen molar-refractivity contribution in [3.8, 4) is 45.4 Å². The van der Waals surface area contributed by atoms with Gasteiger partial charge in [0.15, 0.2) is 11.6 Å². The molecule has 1 N–H and O–H groups in total. The van der Waals surface area contributed by atoms with Crippen LogP contribution in [0.15, 0.2) is 67.3 Å². The van der Waals surface area contributed by atoms with Crippen LogP contribution in [0.1, 0.15) is 45.1 Å². The van der Waals surface area contributed by atoms with Crippen molar-refractivity contribution in [3.05, 3.63) is 72.8 Å². The van der Waals surface area contributed by atoms with Gasteiger partial charge in [-0.1, -0.05) is 51.0 Å². The number of hydrogen-bond acceptors (Lipinski definition) is 6. The molecule has 6 nitrogen and oxygen atoms in total. The molecule has 2 aromatic carbocycles. The Hall–Kier alpha value is -3.80. The molecule has 2 heterocycles. The van der Waals surface area contributed by atoms with E-state index in [0.29, 0.717) is 35.1 Å². The van der Waals surface area contributed by atoms with Crippen LogP contribution in [0.5, 0.6) is 11.5 Å². The van der Waals surface area contributed by atoms with E-state index in [1.165, 1.54) is 18.4 Å². The summed E-state index contributed by atoms with van der Waals surface area (Å²) in [6.07, 6.45) is 12.5. The summed E-state index contributed by atoms with van der Waals surface area (Å²) in [4.78, 5) is 17.8. The second kappa shape index (κ2) is 11.4. The van der Waals surface area contributed by atoms with Gasteiger partial charge in [0.1, 0.15) is 11.5 Å². The minimum absolute atomic E-state index is 0.0862. The highest BCUT2D eigenvalue weighted by Crippen LogP contribution is 2.31. The summed E-state index contributed by atoms with van der Waals surface area (Å²) in [5.41, 5.74) is 4.67. The quantitative estimate of drug-likeness (QED) is 0.276. The Kier molecular flexibility index (Phi) is 7.81. The summed E-state index contributed by atoms with van der Waals surface area (Å²) in [6, 6.07) is 13.8. The maximum atomic E-state index is 10.4. The lowest BCUT2D eigenvalue weighted by Gasteiger charge is -2.09. The Morgan fingerprint density at radius 2 is 1.35 bits per heavy atom. The van der Waals surface area contributed by atoms with Crippen LogP contribution in [-0.2, 0) is 6.42 Å². The lowest BCUT2D eigenvalue weighted by molar-refractivity contribution is 0.307. The molecule has 0 aliphatic carbocycles. The van der Waals surface area contributed by atoms with E-state index in [2.05, 4.69) is 58.0 Å². The molecule has 4 rings (SSSR count). The summed E-state index contributed by atoms with van der Waals surface area (Å²) in [5.74, 6) is 1.71. The molecule has 0 saturated heterocycles. The SMILES string of the molecule is CCCCOc1ccc(-c2ncc(-c3ncc(-c4ccc(CCCC)cc4)cn3)cn2)c(O)c1. The normalized spacial score (nSPS) is 10.9. The fraction of sp³-hybridized carbons (Fsp3) is 0.286. The molecule has 0 fully saturated rings. The van der Waals surface area contributed by atoms with Crippen molar-refractivity contribution < 1.29 is 9.84 Å². The molecule has 0 unspecified atom stereocenters. The Morgan fingerprint density at radius 3 is 2.00 bits per heavy atom. The summed E-state index contributed by atoms with van der Waals surface area (Å²) < 4.78 is 5.64. The molecule has 2 aromatic heterocycles. The van der Waals surface area contributed by atoms with Gasteiger partial charge in [-0.2, -0.15) is 0 Å². The molecule has 0 radical (unpaired) electrons. The number of aryl methyl sites for hydroxylation is 1. The molecule has 0 saturated carbocycles. The van der Waals surface area contributed by atoms with Gasteiger partial charge >= 0.3 is 0 Å². The van der Waals surface area contributed by atoms with E-state index in [0.717, 1.165) is 30.4 Å². The predicted molar refractivity (Wildman–Crippen MR) is 135 cm³/mol.